The van der Waals surface area contributed by atoms with Crippen LogP contribution in [0.4, 0.5) is 0 Å². The molecular weight excluding hydrogens is 262 g/mol. The third-order valence-corrected chi connectivity index (χ3v) is 4.69. The average Bonchev–Trinajstić information content (AvgIpc) is 2.52. The highest BCUT2D eigenvalue weighted by atomic mass is 16.3. The summed E-state index contributed by atoms with van der Waals surface area (Å²) >= 11 is 0. The van der Waals surface area contributed by atoms with Gasteiger partial charge >= 0.3 is 0 Å². The van der Waals surface area contributed by atoms with E-state index < -0.39 is 6.10 Å². The largest absolute Gasteiger partial charge is 0.508 e. The van der Waals surface area contributed by atoms with Gasteiger partial charge in [-0.25, -0.2) is 0 Å². The van der Waals surface area contributed by atoms with E-state index >= 15 is 0 Å². The number of benzene rings is 1. The molecule has 1 aliphatic rings. The molecule has 118 valence electrons. The molecule has 0 radical (unpaired) electrons. The highest BCUT2D eigenvalue weighted by molar-refractivity contribution is 5.27. The minimum atomic E-state index is -0.528. The van der Waals surface area contributed by atoms with E-state index in [1.807, 2.05) is 6.92 Å². The second kappa shape index (κ2) is 8.40. The van der Waals surface area contributed by atoms with Crippen molar-refractivity contribution in [3.63, 3.8) is 0 Å². The van der Waals surface area contributed by atoms with Gasteiger partial charge in [-0.3, -0.25) is 0 Å². The topological polar surface area (TPSA) is 52.5 Å². The summed E-state index contributed by atoms with van der Waals surface area (Å²) in [4.78, 5) is 0. The van der Waals surface area contributed by atoms with Gasteiger partial charge in [-0.05, 0) is 49.9 Å². The predicted octanol–water partition coefficient (Wildman–Crippen LogP) is 3.76. The molecule has 1 saturated carbocycles. The molecular formula is C18H29NO2. The number of hydrogen-bond acceptors (Lipinski definition) is 3. The van der Waals surface area contributed by atoms with Crippen molar-refractivity contribution in [2.75, 3.05) is 6.54 Å². The Labute approximate surface area is 128 Å². The Balaban J connectivity index is 1.66. The fourth-order valence-electron chi connectivity index (χ4n) is 3.27. The van der Waals surface area contributed by atoms with Crippen molar-refractivity contribution in [2.24, 2.45) is 5.92 Å². The Morgan fingerprint density at radius 2 is 1.81 bits per heavy atom. The lowest BCUT2D eigenvalue weighted by molar-refractivity contribution is 0.135. The molecule has 0 amide bonds. The van der Waals surface area contributed by atoms with Crippen LogP contribution >= 0.6 is 0 Å². The van der Waals surface area contributed by atoms with E-state index in [-0.39, 0.29) is 11.8 Å². The molecule has 1 fully saturated rings. The normalized spacial score (nSPS) is 19.3. The third kappa shape index (κ3) is 5.33. The first-order valence-electron chi connectivity index (χ1n) is 8.37. The fourth-order valence-corrected chi connectivity index (χ4v) is 3.27. The van der Waals surface area contributed by atoms with Crippen LogP contribution < -0.4 is 5.32 Å². The molecule has 2 unspecified atom stereocenters. The Morgan fingerprint density at radius 1 is 1.14 bits per heavy atom. The lowest BCUT2D eigenvalue weighted by atomic mass is 9.86. The second-order valence-corrected chi connectivity index (χ2v) is 6.43. The van der Waals surface area contributed by atoms with Crippen molar-refractivity contribution in [2.45, 2.75) is 64.0 Å². The summed E-state index contributed by atoms with van der Waals surface area (Å²) in [5.41, 5.74) is 0.847. The lowest BCUT2D eigenvalue weighted by Crippen LogP contribution is -2.33. The molecule has 0 saturated heterocycles. The zero-order chi connectivity index (χ0) is 15.1. The van der Waals surface area contributed by atoms with Gasteiger partial charge in [-0.1, -0.05) is 44.2 Å². The highest BCUT2D eigenvalue weighted by Gasteiger charge is 2.16. The minimum absolute atomic E-state index is 0.0286. The SMILES string of the molecule is CC(NCCCC1CCCCC1)C(O)c1ccc(O)cc1. The number of aliphatic hydroxyl groups is 1. The second-order valence-electron chi connectivity index (χ2n) is 6.43. The third-order valence-electron chi connectivity index (χ3n) is 4.69. The molecule has 1 aliphatic carbocycles. The van der Waals surface area contributed by atoms with Crippen molar-refractivity contribution in [1.29, 1.82) is 0 Å². The van der Waals surface area contributed by atoms with Gasteiger partial charge in [0.1, 0.15) is 5.75 Å². The number of aliphatic hydroxyl groups excluding tert-OH is 1. The van der Waals surface area contributed by atoms with Gasteiger partial charge in [0.25, 0.3) is 0 Å². The van der Waals surface area contributed by atoms with Gasteiger partial charge in [0.2, 0.25) is 0 Å². The summed E-state index contributed by atoms with van der Waals surface area (Å²) in [7, 11) is 0. The Bertz CT molecular complexity index is 398. The molecule has 3 heteroatoms. The summed E-state index contributed by atoms with van der Waals surface area (Å²) in [6, 6.07) is 6.82. The standard InChI is InChI=1S/C18H29NO2/c1-14(18(21)16-9-11-17(20)12-10-16)19-13-5-8-15-6-3-2-4-7-15/h9-12,14-15,18-21H,2-8,13H2,1H3. The van der Waals surface area contributed by atoms with Crippen molar-refractivity contribution < 1.29 is 10.2 Å². The summed E-state index contributed by atoms with van der Waals surface area (Å²) in [6.45, 7) is 2.98. The summed E-state index contributed by atoms with van der Waals surface area (Å²) in [6.07, 6.45) is 9.04. The van der Waals surface area contributed by atoms with Gasteiger partial charge in [0.15, 0.2) is 0 Å². The Morgan fingerprint density at radius 3 is 2.48 bits per heavy atom. The van der Waals surface area contributed by atoms with Crippen LogP contribution in [0.2, 0.25) is 0 Å². The van der Waals surface area contributed by atoms with Crippen molar-refractivity contribution in [1.82, 2.24) is 5.32 Å². The highest BCUT2D eigenvalue weighted by Crippen LogP contribution is 2.27. The van der Waals surface area contributed by atoms with E-state index in [2.05, 4.69) is 5.32 Å². The molecule has 2 atom stereocenters. The van der Waals surface area contributed by atoms with Crippen LogP contribution in [0.1, 0.15) is 63.5 Å². The van der Waals surface area contributed by atoms with Gasteiger partial charge in [-0.2, -0.15) is 0 Å². The van der Waals surface area contributed by atoms with Gasteiger partial charge < -0.3 is 15.5 Å². The maximum atomic E-state index is 10.3. The number of phenolic OH excluding ortho intramolecular Hbond substituents is 1. The monoisotopic (exact) mass is 291 g/mol. The quantitative estimate of drug-likeness (QED) is 0.670. The van der Waals surface area contributed by atoms with E-state index in [0.29, 0.717) is 0 Å². The van der Waals surface area contributed by atoms with Crippen LogP contribution in [0.15, 0.2) is 24.3 Å². The smallest absolute Gasteiger partial charge is 0.115 e. The summed E-state index contributed by atoms with van der Waals surface area (Å²) in [5, 5.41) is 23.0. The van der Waals surface area contributed by atoms with Crippen molar-refractivity contribution in [3.8, 4) is 5.75 Å². The number of rotatable bonds is 7. The summed E-state index contributed by atoms with van der Waals surface area (Å²) in [5.74, 6) is 1.16. The van der Waals surface area contributed by atoms with Crippen molar-refractivity contribution >= 4 is 0 Å². The van der Waals surface area contributed by atoms with Crippen LogP contribution in [-0.2, 0) is 0 Å². The molecule has 0 spiro atoms. The molecule has 1 aromatic rings. The van der Waals surface area contributed by atoms with Crippen LogP contribution in [0.25, 0.3) is 0 Å². The molecule has 2 rings (SSSR count). The van der Waals surface area contributed by atoms with Crippen LogP contribution in [0, 0.1) is 5.92 Å². The summed E-state index contributed by atoms with van der Waals surface area (Å²) < 4.78 is 0. The van der Waals surface area contributed by atoms with E-state index in [9.17, 15) is 10.2 Å². The molecule has 0 aromatic heterocycles. The van der Waals surface area contributed by atoms with E-state index in [1.54, 1.807) is 24.3 Å². The maximum absolute atomic E-state index is 10.3. The molecule has 0 aliphatic heterocycles. The van der Waals surface area contributed by atoms with E-state index in [0.717, 1.165) is 18.0 Å². The Hall–Kier alpha value is -1.06. The number of hydrogen-bond donors (Lipinski definition) is 3. The zero-order valence-corrected chi connectivity index (χ0v) is 13.1. The zero-order valence-electron chi connectivity index (χ0n) is 13.1. The molecule has 3 nitrogen and oxygen atoms in total. The number of phenols is 1. The van der Waals surface area contributed by atoms with Gasteiger partial charge in [0.05, 0.1) is 6.10 Å². The minimum Gasteiger partial charge on any atom is -0.508 e. The van der Waals surface area contributed by atoms with Gasteiger partial charge in [0, 0.05) is 6.04 Å². The number of nitrogens with one attached hydrogen (secondary N) is 1. The van der Waals surface area contributed by atoms with E-state index in [1.165, 1.54) is 44.9 Å². The molecule has 21 heavy (non-hydrogen) atoms. The maximum Gasteiger partial charge on any atom is 0.115 e. The number of aromatic hydroxyl groups is 1. The molecule has 3 N–H and O–H groups in total. The first kappa shape index (κ1) is 16.3. The predicted molar refractivity (Wildman–Crippen MR) is 86.3 cm³/mol. The lowest BCUT2D eigenvalue weighted by Gasteiger charge is -2.23. The average molecular weight is 291 g/mol. The fraction of sp³-hybridized carbons (Fsp3) is 0.667. The van der Waals surface area contributed by atoms with E-state index in [4.69, 9.17) is 0 Å². The first-order valence-corrected chi connectivity index (χ1v) is 8.37. The van der Waals surface area contributed by atoms with Crippen LogP contribution in [-0.4, -0.2) is 22.8 Å². The Kier molecular flexibility index (Phi) is 6.52. The molecule has 0 bridgehead atoms. The van der Waals surface area contributed by atoms with Gasteiger partial charge in [-0.15, -0.1) is 0 Å². The van der Waals surface area contributed by atoms with Crippen LogP contribution in [0.5, 0.6) is 5.75 Å². The molecule has 0 heterocycles. The first-order chi connectivity index (χ1) is 10.2. The van der Waals surface area contributed by atoms with Crippen LogP contribution in [0.3, 0.4) is 0 Å². The van der Waals surface area contributed by atoms with Crippen molar-refractivity contribution in [3.05, 3.63) is 29.8 Å². The molecule has 1 aromatic carbocycles.